The zero-order valence-corrected chi connectivity index (χ0v) is 13.0. The molecule has 0 amide bonds. The highest BCUT2D eigenvalue weighted by Crippen LogP contribution is 2.50. The summed E-state index contributed by atoms with van der Waals surface area (Å²) in [5.41, 5.74) is -1.79. The summed E-state index contributed by atoms with van der Waals surface area (Å²) in [5.74, 6) is -3.07. The molecule has 25 heavy (non-hydrogen) atoms. The van der Waals surface area contributed by atoms with Crippen molar-refractivity contribution in [2.75, 3.05) is 0 Å². The van der Waals surface area contributed by atoms with Gasteiger partial charge in [-0.05, 0) is 31.7 Å². The Hall–Kier alpha value is -2.13. The summed E-state index contributed by atoms with van der Waals surface area (Å²) in [6, 6.07) is 2.93. The van der Waals surface area contributed by atoms with Gasteiger partial charge in [-0.2, -0.15) is 0 Å². The van der Waals surface area contributed by atoms with Gasteiger partial charge < -0.3 is 14.2 Å². The summed E-state index contributed by atoms with van der Waals surface area (Å²) >= 11 is 0. The first kappa shape index (κ1) is 19.2. The first-order valence-corrected chi connectivity index (χ1v) is 7.26. The third-order valence-electron chi connectivity index (χ3n) is 3.66. The lowest BCUT2D eigenvalue weighted by atomic mass is 9.90. The van der Waals surface area contributed by atoms with Crippen LogP contribution in [0.1, 0.15) is 38.2 Å². The Morgan fingerprint density at radius 2 is 1.56 bits per heavy atom. The van der Waals surface area contributed by atoms with Crippen molar-refractivity contribution in [1.82, 2.24) is 0 Å². The lowest BCUT2D eigenvalue weighted by Gasteiger charge is -2.31. The van der Waals surface area contributed by atoms with Gasteiger partial charge >= 0.3 is 18.7 Å². The maximum absolute atomic E-state index is 12.7. The van der Waals surface area contributed by atoms with Gasteiger partial charge in [-0.15, -0.1) is 26.3 Å². The summed E-state index contributed by atoms with van der Waals surface area (Å²) in [6.45, 7) is 1.07. The Morgan fingerprint density at radius 3 is 2.04 bits per heavy atom. The summed E-state index contributed by atoms with van der Waals surface area (Å²) in [4.78, 5) is 11.4. The second-order valence-electron chi connectivity index (χ2n) is 5.52. The second-order valence-corrected chi connectivity index (χ2v) is 5.52. The zero-order chi connectivity index (χ0) is 18.9. The number of ether oxygens (including phenoxy) is 3. The predicted octanol–water partition coefficient (Wildman–Crippen LogP) is 4.82. The number of rotatable bonds is 4. The molecule has 140 valence electrons. The molecule has 1 aromatic rings. The number of esters is 1. The molecular weight excluding hydrogens is 358 g/mol. The maximum Gasteiger partial charge on any atom is 0.573 e. The van der Waals surface area contributed by atoms with Crippen LogP contribution in [0.4, 0.5) is 26.3 Å². The lowest BCUT2D eigenvalue weighted by molar-refractivity contribution is -0.287. The van der Waals surface area contributed by atoms with E-state index in [9.17, 15) is 31.1 Å². The van der Waals surface area contributed by atoms with Crippen molar-refractivity contribution in [3.05, 3.63) is 23.8 Å². The van der Waals surface area contributed by atoms with Gasteiger partial charge in [0.15, 0.2) is 11.5 Å². The summed E-state index contributed by atoms with van der Waals surface area (Å²) < 4.78 is 88.5. The summed E-state index contributed by atoms with van der Waals surface area (Å²) in [5, 5.41) is 0. The molecule has 0 aromatic heterocycles. The SMILES string of the molecule is CC(=O)OC1(c2cccc(OC(F)(F)F)c2OC(F)(F)F)CCCC1. The number of alkyl halides is 6. The van der Waals surface area contributed by atoms with Crippen LogP contribution < -0.4 is 9.47 Å². The van der Waals surface area contributed by atoms with Crippen LogP contribution in [0, 0.1) is 0 Å². The fourth-order valence-corrected chi connectivity index (χ4v) is 2.95. The van der Waals surface area contributed by atoms with Gasteiger partial charge in [0.2, 0.25) is 0 Å². The van der Waals surface area contributed by atoms with E-state index in [0.717, 1.165) is 19.1 Å². The molecule has 1 saturated carbocycles. The number of hydrogen-bond acceptors (Lipinski definition) is 4. The molecule has 0 unspecified atom stereocenters. The Balaban J connectivity index is 2.59. The summed E-state index contributed by atoms with van der Waals surface area (Å²) in [7, 11) is 0. The first-order valence-electron chi connectivity index (χ1n) is 7.26. The van der Waals surface area contributed by atoms with E-state index in [-0.39, 0.29) is 18.4 Å². The minimum Gasteiger partial charge on any atom is -0.454 e. The number of halogens is 6. The van der Waals surface area contributed by atoms with Gasteiger partial charge in [0, 0.05) is 12.5 Å². The molecule has 1 aliphatic rings. The topological polar surface area (TPSA) is 44.8 Å². The Morgan fingerprint density at radius 1 is 1.00 bits per heavy atom. The molecule has 0 N–H and O–H groups in total. The van der Waals surface area contributed by atoms with E-state index in [1.807, 2.05) is 0 Å². The molecule has 10 heteroatoms. The third-order valence-corrected chi connectivity index (χ3v) is 3.66. The van der Waals surface area contributed by atoms with Crippen molar-refractivity contribution in [2.24, 2.45) is 0 Å². The largest absolute Gasteiger partial charge is 0.573 e. The highest BCUT2D eigenvalue weighted by atomic mass is 19.4. The minimum atomic E-state index is -5.25. The van der Waals surface area contributed by atoms with E-state index in [1.165, 1.54) is 0 Å². The third kappa shape index (κ3) is 4.93. The summed E-state index contributed by atoms with van der Waals surface area (Å²) in [6.07, 6.45) is -9.08. The van der Waals surface area contributed by atoms with Crippen LogP contribution in [0.5, 0.6) is 11.5 Å². The van der Waals surface area contributed by atoms with Crippen molar-refractivity contribution in [1.29, 1.82) is 0 Å². The van der Waals surface area contributed by atoms with Gasteiger partial charge in [0.25, 0.3) is 0 Å². The van der Waals surface area contributed by atoms with Crippen molar-refractivity contribution >= 4 is 5.97 Å². The standard InChI is InChI=1S/C15H14F6O4/c1-9(22)23-13(7-2-3-8-13)10-5-4-6-11(24-14(16,17)18)12(10)25-15(19,20)21/h4-6H,2-3,7-8H2,1H3. The average molecular weight is 372 g/mol. The second kappa shape index (κ2) is 6.64. The lowest BCUT2D eigenvalue weighted by Crippen LogP contribution is -2.31. The molecule has 1 fully saturated rings. The van der Waals surface area contributed by atoms with Crippen molar-refractivity contribution in [3.8, 4) is 11.5 Å². The molecule has 2 rings (SSSR count). The van der Waals surface area contributed by atoms with Crippen molar-refractivity contribution in [2.45, 2.75) is 50.9 Å². The number of carbonyl (C=O) groups is 1. The van der Waals surface area contributed by atoms with E-state index < -0.39 is 35.8 Å². The number of benzene rings is 1. The van der Waals surface area contributed by atoms with Gasteiger partial charge in [-0.1, -0.05) is 12.1 Å². The molecular formula is C15H14F6O4. The van der Waals surface area contributed by atoms with E-state index in [4.69, 9.17) is 4.74 Å². The normalized spacial score (nSPS) is 17.2. The quantitative estimate of drug-likeness (QED) is 0.562. The van der Waals surface area contributed by atoms with Crippen LogP contribution in [-0.4, -0.2) is 18.7 Å². The fraction of sp³-hybridized carbons (Fsp3) is 0.533. The van der Waals surface area contributed by atoms with Crippen LogP contribution >= 0.6 is 0 Å². The van der Waals surface area contributed by atoms with Crippen molar-refractivity contribution in [3.63, 3.8) is 0 Å². The highest BCUT2D eigenvalue weighted by Gasteiger charge is 2.45. The van der Waals surface area contributed by atoms with Gasteiger partial charge in [-0.3, -0.25) is 4.79 Å². The molecule has 1 aliphatic carbocycles. The molecule has 0 saturated heterocycles. The van der Waals surface area contributed by atoms with E-state index in [0.29, 0.717) is 18.9 Å². The zero-order valence-electron chi connectivity index (χ0n) is 13.0. The Labute approximate surface area is 138 Å². The van der Waals surface area contributed by atoms with Crippen molar-refractivity contribution < 1.29 is 45.3 Å². The monoisotopic (exact) mass is 372 g/mol. The van der Waals surface area contributed by atoms with Crippen LogP contribution in [0.2, 0.25) is 0 Å². The van der Waals surface area contributed by atoms with Gasteiger partial charge in [0.1, 0.15) is 5.60 Å². The molecule has 1 aromatic carbocycles. The molecule has 0 atom stereocenters. The Kier molecular flexibility index (Phi) is 5.10. The van der Waals surface area contributed by atoms with Crippen LogP contribution in [0.15, 0.2) is 18.2 Å². The predicted molar refractivity (Wildman–Crippen MR) is 71.7 cm³/mol. The molecule has 0 aliphatic heterocycles. The maximum atomic E-state index is 12.7. The number of carbonyl (C=O) groups excluding carboxylic acids is 1. The Bertz CT molecular complexity index is 632. The van der Waals surface area contributed by atoms with E-state index in [1.54, 1.807) is 0 Å². The van der Waals surface area contributed by atoms with E-state index >= 15 is 0 Å². The molecule has 0 heterocycles. The van der Waals surface area contributed by atoms with Crippen LogP contribution in [-0.2, 0) is 15.1 Å². The van der Waals surface area contributed by atoms with Crippen LogP contribution in [0.3, 0.4) is 0 Å². The van der Waals surface area contributed by atoms with E-state index in [2.05, 4.69) is 9.47 Å². The number of para-hydroxylation sites is 1. The molecule has 0 radical (unpaired) electrons. The average Bonchev–Trinajstić information content (AvgIpc) is 2.86. The first-order chi connectivity index (χ1) is 11.4. The van der Waals surface area contributed by atoms with Crippen LogP contribution in [0.25, 0.3) is 0 Å². The smallest absolute Gasteiger partial charge is 0.454 e. The van der Waals surface area contributed by atoms with Gasteiger partial charge in [-0.25, -0.2) is 0 Å². The molecule has 0 bridgehead atoms. The fourth-order valence-electron chi connectivity index (χ4n) is 2.95. The minimum absolute atomic E-state index is 0.163. The molecule has 4 nitrogen and oxygen atoms in total. The van der Waals surface area contributed by atoms with Gasteiger partial charge in [0.05, 0.1) is 0 Å². The number of hydrogen-bond donors (Lipinski definition) is 0. The highest BCUT2D eigenvalue weighted by molar-refractivity contribution is 5.67. The molecule has 0 spiro atoms.